The molecule has 0 spiro atoms. The number of aliphatic hydroxyl groups excluding tert-OH is 1. The summed E-state index contributed by atoms with van der Waals surface area (Å²) in [6.45, 7) is 3.04. The van der Waals surface area contributed by atoms with E-state index in [-0.39, 0.29) is 17.8 Å². The number of rotatable bonds is 9. The molecule has 0 bridgehead atoms. The summed E-state index contributed by atoms with van der Waals surface area (Å²) < 4.78 is 24.2. The van der Waals surface area contributed by atoms with Gasteiger partial charge in [-0.2, -0.15) is 0 Å². The van der Waals surface area contributed by atoms with Crippen molar-refractivity contribution in [2.45, 2.75) is 19.3 Å². The van der Waals surface area contributed by atoms with Gasteiger partial charge in [0.15, 0.2) is 5.96 Å². The van der Waals surface area contributed by atoms with E-state index in [0.29, 0.717) is 18.1 Å². The van der Waals surface area contributed by atoms with E-state index >= 15 is 0 Å². The average molecular weight is 416 g/mol. The van der Waals surface area contributed by atoms with Crippen LogP contribution in [0, 0.1) is 11.2 Å². The monoisotopic (exact) mass is 415 g/mol. The molecule has 0 amide bonds. The van der Waals surface area contributed by atoms with Crippen LogP contribution in [0.5, 0.6) is 11.5 Å². The van der Waals surface area contributed by atoms with E-state index in [2.05, 4.69) is 15.6 Å². The van der Waals surface area contributed by atoms with Gasteiger partial charge in [-0.05, 0) is 61.2 Å². The molecule has 1 unspecified atom stereocenters. The van der Waals surface area contributed by atoms with Crippen LogP contribution < -0.4 is 15.4 Å². The molecule has 1 heterocycles. The van der Waals surface area contributed by atoms with Crippen molar-refractivity contribution < 1.29 is 19.0 Å². The van der Waals surface area contributed by atoms with Crippen molar-refractivity contribution in [3.63, 3.8) is 0 Å². The summed E-state index contributed by atoms with van der Waals surface area (Å²) in [6.07, 6.45) is 2.51. The SMILES string of the molecule is CN=C(NCCc1ccc(Oc2ccc(F)cc2)cc1)NCC1(CCO)CCOC1. The van der Waals surface area contributed by atoms with Crippen molar-refractivity contribution in [3.05, 3.63) is 59.9 Å². The van der Waals surface area contributed by atoms with E-state index in [1.54, 1.807) is 19.2 Å². The number of ether oxygens (including phenoxy) is 2. The molecule has 1 fully saturated rings. The van der Waals surface area contributed by atoms with E-state index in [1.807, 2.05) is 24.3 Å². The highest BCUT2D eigenvalue weighted by molar-refractivity contribution is 5.79. The number of hydrogen-bond donors (Lipinski definition) is 3. The fourth-order valence-corrected chi connectivity index (χ4v) is 3.49. The van der Waals surface area contributed by atoms with Crippen molar-refractivity contribution in [2.24, 2.45) is 10.4 Å². The predicted octanol–water partition coefficient (Wildman–Crippen LogP) is 3.11. The number of nitrogens with one attached hydrogen (secondary N) is 2. The van der Waals surface area contributed by atoms with Gasteiger partial charge in [0.05, 0.1) is 6.61 Å². The minimum absolute atomic E-state index is 0.0211. The highest BCUT2D eigenvalue weighted by Crippen LogP contribution is 2.31. The molecule has 1 aliphatic rings. The van der Waals surface area contributed by atoms with Crippen LogP contribution in [-0.4, -0.2) is 51.0 Å². The standard InChI is InChI=1S/C23H30FN3O3/c1-25-22(27-16-23(11-14-28)12-15-29-17-23)26-13-10-18-2-6-20(7-3-18)30-21-8-4-19(24)5-9-21/h2-9,28H,10-17H2,1H3,(H2,25,26,27). The first kappa shape index (κ1) is 22.1. The van der Waals surface area contributed by atoms with Gasteiger partial charge in [-0.1, -0.05) is 12.1 Å². The van der Waals surface area contributed by atoms with Gasteiger partial charge in [0, 0.05) is 38.8 Å². The number of guanidine groups is 1. The normalized spacial score (nSPS) is 19.0. The lowest BCUT2D eigenvalue weighted by molar-refractivity contribution is 0.127. The highest BCUT2D eigenvalue weighted by Gasteiger charge is 2.34. The Morgan fingerprint density at radius 1 is 1.13 bits per heavy atom. The zero-order valence-electron chi connectivity index (χ0n) is 17.4. The quantitative estimate of drug-likeness (QED) is 0.433. The van der Waals surface area contributed by atoms with Gasteiger partial charge < -0.3 is 25.2 Å². The van der Waals surface area contributed by atoms with Crippen LogP contribution in [-0.2, 0) is 11.2 Å². The molecule has 1 saturated heterocycles. The predicted molar refractivity (Wildman–Crippen MR) is 116 cm³/mol. The highest BCUT2D eigenvalue weighted by atomic mass is 19.1. The third-order valence-electron chi connectivity index (χ3n) is 5.36. The van der Waals surface area contributed by atoms with Crippen molar-refractivity contribution in [2.75, 3.05) is 40.0 Å². The lowest BCUT2D eigenvalue weighted by Gasteiger charge is -2.27. The molecule has 0 saturated carbocycles. The largest absolute Gasteiger partial charge is 0.457 e. The van der Waals surface area contributed by atoms with E-state index in [4.69, 9.17) is 9.47 Å². The first-order valence-electron chi connectivity index (χ1n) is 10.3. The fraction of sp³-hybridized carbons (Fsp3) is 0.435. The van der Waals surface area contributed by atoms with Crippen LogP contribution in [0.3, 0.4) is 0 Å². The fourth-order valence-electron chi connectivity index (χ4n) is 3.49. The summed E-state index contributed by atoms with van der Waals surface area (Å²) in [4.78, 5) is 4.28. The summed E-state index contributed by atoms with van der Waals surface area (Å²) in [5, 5.41) is 16.0. The summed E-state index contributed by atoms with van der Waals surface area (Å²) in [6, 6.07) is 13.8. The third-order valence-corrected chi connectivity index (χ3v) is 5.36. The van der Waals surface area contributed by atoms with E-state index < -0.39 is 0 Å². The summed E-state index contributed by atoms with van der Waals surface area (Å²) in [7, 11) is 1.75. The van der Waals surface area contributed by atoms with E-state index in [1.165, 1.54) is 17.7 Å². The Kier molecular flexibility index (Phi) is 8.04. The number of halogens is 1. The first-order valence-corrected chi connectivity index (χ1v) is 10.3. The van der Waals surface area contributed by atoms with Gasteiger partial charge in [-0.25, -0.2) is 4.39 Å². The van der Waals surface area contributed by atoms with Gasteiger partial charge in [0.2, 0.25) is 0 Å². The van der Waals surface area contributed by atoms with Crippen LogP contribution in [0.25, 0.3) is 0 Å². The maximum absolute atomic E-state index is 13.0. The maximum atomic E-state index is 13.0. The van der Waals surface area contributed by atoms with Gasteiger partial charge >= 0.3 is 0 Å². The van der Waals surface area contributed by atoms with E-state index in [0.717, 1.165) is 44.9 Å². The lowest BCUT2D eigenvalue weighted by atomic mass is 9.84. The molecule has 3 rings (SSSR count). The summed E-state index contributed by atoms with van der Waals surface area (Å²) in [5.74, 6) is 1.78. The molecule has 0 radical (unpaired) electrons. The molecule has 3 N–H and O–H groups in total. The van der Waals surface area contributed by atoms with Crippen LogP contribution >= 0.6 is 0 Å². The molecule has 2 aromatic carbocycles. The number of aliphatic imine (C=N–C) groups is 1. The second kappa shape index (κ2) is 10.9. The second-order valence-electron chi connectivity index (χ2n) is 7.58. The lowest BCUT2D eigenvalue weighted by Crippen LogP contribution is -2.45. The molecule has 6 nitrogen and oxygen atoms in total. The minimum atomic E-state index is -0.283. The van der Waals surface area contributed by atoms with Crippen molar-refractivity contribution in [3.8, 4) is 11.5 Å². The molecule has 162 valence electrons. The van der Waals surface area contributed by atoms with Crippen LogP contribution in [0.15, 0.2) is 53.5 Å². The van der Waals surface area contributed by atoms with Crippen LogP contribution in [0.2, 0.25) is 0 Å². The topological polar surface area (TPSA) is 75.1 Å². The smallest absolute Gasteiger partial charge is 0.191 e. The number of benzene rings is 2. The average Bonchev–Trinajstić information content (AvgIpc) is 3.22. The molecule has 0 aromatic heterocycles. The molecular formula is C23H30FN3O3. The molecular weight excluding hydrogens is 385 g/mol. The second-order valence-corrected chi connectivity index (χ2v) is 7.58. The van der Waals surface area contributed by atoms with Crippen LogP contribution in [0.4, 0.5) is 4.39 Å². The van der Waals surface area contributed by atoms with Gasteiger partial charge in [-0.15, -0.1) is 0 Å². The van der Waals surface area contributed by atoms with Crippen molar-refractivity contribution in [1.29, 1.82) is 0 Å². The van der Waals surface area contributed by atoms with Crippen LogP contribution in [0.1, 0.15) is 18.4 Å². The molecule has 2 aromatic rings. The Morgan fingerprint density at radius 2 is 1.83 bits per heavy atom. The molecule has 1 atom stereocenters. The van der Waals surface area contributed by atoms with Gasteiger partial charge in [-0.3, -0.25) is 4.99 Å². The third kappa shape index (κ3) is 6.43. The minimum Gasteiger partial charge on any atom is -0.457 e. The maximum Gasteiger partial charge on any atom is 0.191 e. The molecule has 0 aliphatic carbocycles. The molecule has 7 heteroatoms. The first-order chi connectivity index (χ1) is 14.6. The number of aliphatic hydroxyl groups is 1. The Bertz CT molecular complexity index is 803. The summed E-state index contributed by atoms with van der Waals surface area (Å²) in [5.41, 5.74) is 1.15. The van der Waals surface area contributed by atoms with Gasteiger partial charge in [0.1, 0.15) is 17.3 Å². The van der Waals surface area contributed by atoms with Gasteiger partial charge in [0.25, 0.3) is 0 Å². The van der Waals surface area contributed by atoms with Crippen molar-refractivity contribution >= 4 is 5.96 Å². The molecule has 1 aliphatic heterocycles. The summed E-state index contributed by atoms with van der Waals surface area (Å²) >= 11 is 0. The Morgan fingerprint density at radius 3 is 2.43 bits per heavy atom. The Labute approximate surface area is 177 Å². The molecule has 30 heavy (non-hydrogen) atoms. The Hall–Kier alpha value is -2.64. The number of hydrogen-bond acceptors (Lipinski definition) is 4. The Balaban J connectivity index is 1.42. The number of nitrogens with zero attached hydrogens (tertiary/aromatic N) is 1. The zero-order chi connectivity index (χ0) is 21.2. The van der Waals surface area contributed by atoms with E-state index in [9.17, 15) is 9.50 Å². The van der Waals surface area contributed by atoms with Crippen molar-refractivity contribution in [1.82, 2.24) is 10.6 Å². The zero-order valence-corrected chi connectivity index (χ0v) is 17.4.